The van der Waals surface area contributed by atoms with Crippen molar-refractivity contribution in [1.82, 2.24) is 15.1 Å². The first-order valence-corrected chi connectivity index (χ1v) is 6.63. The van der Waals surface area contributed by atoms with Crippen molar-refractivity contribution < 1.29 is 0 Å². The Morgan fingerprint density at radius 3 is 2.12 bits per heavy atom. The second-order valence-electron chi connectivity index (χ2n) is 5.59. The molecule has 0 bridgehead atoms. The second-order valence-corrected chi connectivity index (χ2v) is 5.59. The standard InChI is InChI=1S/C14H27N3/c1-9(2)15-8-11(5)14-12(6)16-17(10(3)4)13(14)7/h9-11,15H,8H2,1-7H3. The number of aromatic nitrogens is 2. The molecule has 98 valence electrons. The molecule has 0 aliphatic rings. The second kappa shape index (κ2) is 5.67. The van der Waals surface area contributed by atoms with Crippen molar-refractivity contribution in [2.45, 2.75) is 66.5 Å². The maximum atomic E-state index is 4.65. The van der Waals surface area contributed by atoms with Crippen LogP contribution in [0.15, 0.2) is 0 Å². The van der Waals surface area contributed by atoms with Crippen LogP contribution in [0, 0.1) is 13.8 Å². The highest BCUT2D eigenvalue weighted by atomic mass is 15.3. The number of nitrogens with zero attached hydrogens (tertiary/aromatic N) is 2. The zero-order valence-electron chi connectivity index (χ0n) is 12.3. The van der Waals surface area contributed by atoms with Gasteiger partial charge in [0.1, 0.15) is 0 Å². The number of aryl methyl sites for hydroxylation is 1. The monoisotopic (exact) mass is 237 g/mol. The molecule has 0 aliphatic carbocycles. The number of nitrogens with one attached hydrogen (secondary N) is 1. The molecule has 1 rings (SSSR count). The first-order chi connectivity index (χ1) is 7.84. The Morgan fingerprint density at radius 1 is 1.12 bits per heavy atom. The Hall–Kier alpha value is -0.830. The molecule has 0 fully saturated rings. The fourth-order valence-corrected chi connectivity index (χ4v) is 2.41. The molecule has 0 saturated heterocycles. The lowest BCUT2D eigenvalue weighted by molar-refractivity contribution is 0.512. The van der Waals surface area contributed by atoms with Crippen LogP contribution in [-0.4, -0.2) is 22.4 Å². The summed E-state index contributed by atoms with van der Waals surface area (Å²) in [7, 11) is 0. The summed E-state index contributed by atoms with van der Waals surface area (Å²) in [6, 6.07) is 0.978. The normalized spacial score (nSPS) is 13.7. The molecule has 3 heteroatoms. The number of hydrogen-bond acceptors (Lipinski definition) is 2. The Kier molecular flexibility index (Phi) is 4.75. The molecule has 0 amide bonds. The predicted molar refractivity (Wildman–Crippen MR) is 73.6 cm³/mol. The van der Waals surface area contributed by atoms with Gasteiger partial charge in [-0.15, -0.1) is 0 Å². The molecule has 0 aliphatic heterocycles. The van der Waals surface area contributed by atoms with E-state index in [1.807, 2.05) is 0 Å². The smallest absolute Gasteiger partial charge is 0.0631 e. The molecule has 0 aromatic carbocycles. The highest BCUT2D eigenvalue weighted by Gasteiger charge is 2.18. The molecule has 1 N–H and O–H groups in total. The maximum Gasteiger partial charge on any atom is 0.0631 e. The molecule has 1 unspecified atom stereocenters. The summed E-state index contributed by atoms with van der Waals surface area (Å²) in [5.74, 6) is 0.518. The van der Waals surface area contributed by atoms with Gasteiger partial charge in [0.2, 0.25) is 0 Å². The summed E-state index contributed by atoms with van der Waals surface area (Å²) in [6.45, 7) is 16.3. The molecular formula is C14H27N3. The molecular weight excluding hydrogens is 210 g/mol. The summed E-state index contributed by atoms with van der Waals surface area (Å²) < 4.78 is 2.14. The lowest BCUT2D eigenvalue weighted by Gasteiger charge is -2.16. The highest BCUT2D eigenvalue weighted by Crippen LogP contribution is 2.24. The summed E-state index contributed by atoms with van der Waals surface area (Å²) >= 11 is 0. The first-order valence-electron chi connectivity index (χ1n) is 6.63. The van der Waals surface area contributed by atoms with E-state index in [1.165, 1.54) is 17.0 Å². The van der Waals surface area contributed by atoms with Gasteiger partial charge in [-0.25, -0.2) is 0 Å². The first kappa shape index (κ1) is 14.2. The largest absolute Gasteiger partial charge is 0.314 e. The SMILES string of the molecule is Cc1nn(C(C)C)c(C)c1C(C)CNC(C)C. The summed E-state index contributed by atoms with van der Waals surface area (Å²) in [6.07, 6.45) is 0. The van der Waals surface area contributed by atoms with Crippen LogP contribution in [-0.2, 0) is 0 Å². The summed E-state index contributed by atoms with van der Waals surface area (Å²) in [5.41, 5.74) is 3.90. The third-order valence-corrected chi connectivity index (χ3v) is 3.20. The highest BCUT2D eigenvalue weighted by molar-refractivity contribution is 5.28. The molecule has 0 saturated carbocycles. The quantitative estimate of drug-likeness (QED) is 0.852. The van der Waals surface area contributed by atoms with Crippen LogP contribution < -0.4 is 5.32 Å². The zero-order valence-corrected chi connectivity index (χ0v) is 12.3. The van der Waals surface area contributed by atoms with E-state index in [0.29, 0.717) is 18.0 Å². The van der Waals surface area contributed by atoms with Gasteiger partial charge in [0, 0.05) is 29.9 Å². The van der Waals surface area contributed by atoms with Crippen LogP contribution in [0.3, 0.4) is 0 Å². The van der Waals surface area contributed by atoms with Gasteiger partial charge >= 0.3 is 0 Å². The van der Waals surface area contributed by atoms with E-state index in [9.17, 15) is 0 Å². The van der Waals surface area contributed by atoms with Gasteiger partial charge in [-0.05, 0) is 33.6 Å². The van der Waals surface area contributed by atoms with Crippen LogP contribution >= 0.6 is 0 Å². The molecule has 1 atom stereocenters. The van der Waals surface area contributed by atoms with Gasteiger partial charge in [-0.3, -0.25) is 4.68 Å². The van der Waals surface area contributed by atoms with Crippen molar-refractivity contribution in [2.24, 2.45) is 0 Å². The minimum absolute atomic E-state index is 0.438. The van der Waals surface area contributed by atoms with Gasteiger partial charge in [0.15, 0.2) is 0 Å². The molecule has 3 nitrogen and oxygen atoms in total. The Morgan fingerprint density at radius 2 is 1.71 bits per heavy atom. The van der Waals surface area contributed by atoms with Gasteiger partial charge in [0.05, 0.1) is 5.69 Å². The molecule has 0 radical (unpaired) electrons. The van der Waals surface area contributed by atoms with Crippen molar-refractivity contribution in [1.29, 1.82) is 0 Å². The lowest BCUT2D eigenvalue weighted by Crippen LogP contribution is -2.27. The Balaban J connectivity index is 2.90. The minimum atomic E-state index is 0.438. The van der Waals surface area contributed by atoms with E-state index in [1.54, 1.807) is 0 Å². The van der Waals surface area contributed by atoms with E-state index >= 15 is 0 Å². The van der Waals surface area contributed by atoms with Crippen molar-refractivity contribution in [2.75, 3.05) is 6.54 Å². The molecule has 17 heavy (non-hydrogen) atoms. The average Bonchev–Trinajstić information content (AvgIpc) is 2.51. The van der Waals surface area contributed by atoms with Gasteiger partial charge in [-0.2, -0.15) is 5.10 Å². The van der Waals surface area contributed by atoms with Crippen molar-refractivity contribution >= 4 is 0 Å². The Labute approximate surface area is 106 Å². The van der Waals surface area contributed by atoms with Gasteiger partial charge in [0.25, 0.3) is 0 Å². The van der Waals surface area contributed by atoms with Crippen molar-refractivity contribution in [3.05, 3.63) is 17.0 Å². The zero-order chi connectivity index (χ0) is 13.2. The van der Waals surface area contributed by atoms with E-state index < -0.39 is 0 Å². The van der Waals surface area contributed by atoms with E-state index in [2.05, 4.69) is 63.6 Å². The number of hydrogen-bond donors (Lipinski definition) is 1. The van der Waals surface area contributed by atoms with Crippen LogP contribution in [0.1, 0.15) is 63.5 Å². The topological polar surface area (TPSA) is 29.9 Å². The van der Waals surface area contributed by atoms with Gasteiger partial charge < -0.3 is 5.32 Å². The fraction of sp³-hybridized carbons (Fsp3) is 0.786. The van der Waals surface area contributed by atoms with Gasteiger partial charge in [-0.1, -0.05) is 20.8 Å². The average molecular weight is 237 g/mol. The molecule has 1 aromatic rings. The maximum absolute atomic E-state index is 4.65. The summed E-state index contributed by atoms with van der Waals surface area (Å²) in [5, 5.41) is 8.15. The number of rotatable bonds is 5. The van der Waals surface area contributed by atoms with Crippen molar-refractivity contribution in [3.8, 4) is 0 Å². The third kappa shape index (κ3) is 3.32. The van der Waals surface area contributed by atoms with E-state index in [0.717, 1.165) is 6.54 Å². The van der Waals surface area contributed by atoms with E-state index in [4.69, 9.17) is 0 Å². The predicted octanol–water partition coefficient (Wildman–Crippen LogP) is 3.18. The van der Waals surface area contributed by atoms with Crippen LogP contribution in [0.4, 0.5) is 0 Å². The fourth-order valence-electron chi connectivity index (χ4n) is 2.41. The van der Waals surface area contributed by atoms with Crippen molar-refractivity contribution in [3.63, 3.8) is 0 Å². The van der Waals surface area contributed by atoms with Crippen LogP contribution in [0.2, 0.25) is 0 Å². The Bertz CT molecular complexity index is 364. The molecule has 1 heterocycles. The minimum Gasteiger partial charge on any atom is -0.314 e. The van der Waals surface area contributed by atoms with E-state index in [-0.39, 0.29) is 0 Å². The van der Waals surface area contributed by atoms with Crippen LogP contribution in [0.5, 0.6) is 0 Å². The third-order valence-electron chi connectivity index (χ3n) is 3.20. The summed E-state index contributed by atoms with van der Waals surface area (Å²) in [4.78, 5) is 0. The molecule has 1 aromatic heterocycles. The molecule has 0 spiro atoms. The van der Waals surface area contributed by atoms with Crippen LogP contribution in [0.25, 0.3) is 0 Å². The lowest BCUT2D eigenvalue weighted by atomic mass is 9.99.